The van der Waals surface area contributed by atoms with E-state index in [0.29, 0.717) is 18.4 Å². The molecule has 2 fully saturated rings. The molecule has 0 unspecified atom stereocenters. The highest BCUT2D eigenvalue weighted by Crippen LogP contribution is 2.33. The first-order chi connectivity index (χ1) is 9.37. The molecule has 1 aliphatic heterocycles. The Labute approximate surface area is 121 Å². The van der Waals surface area contributed by atoms with Gasteiger partial charge in [-0.25, -0.2) is 0 Å². The first kappa shape index (κ1) is 15.7. The Morgan fingerprint density at radius 3 is 2.25 bits per heavy atom. The van der Waals surface area contributed by atoms with Crippen molar-refractivity contribution < 1.29 is 13.9 Å². The largest absolute Gasteiger partial charge is 0.460 e. The fraction of sp³-hybridized carbons (Fsp3) is 0.938. The van der Waals surface area contributed by atoms with Crippen molar-refractivity contribution in [1.29, 1.82) is 0 Å². The number of carbonyl (C=O) groups is 1. The molecular formula is C16H28FNO2. The Morgan fingerprint density at radius 2 is 1.75 bits per heavy atom. The average molecular weight is 285 g/mol. The van der Waals surface area contributed by atoms with Crippen LogP contribution in [0.4, 0.5) is 4.39 Å². The van der Waals surface area contributed by atoms with Gasteiger partial charge in [0.05, 0.1) is 6.67 Å². The Balaban J connectivity index is 1.66. The fourth-order valence-corrected chi connectivity index (χ4v) is 3.34. The van der Waals surface area contributed by atoms with Crippen molar-refractivity contribution in [2.24, 2.45) is 11.8 Å². The standard InChI is InChI=1S/C16H28FNO2/c1-16(2,3)20-15(19)8-12-4-6-14(7-5-12)18-10-13(9-17)11-18/h12-14H,4-11H2,1-3H3. The van der Waals surface area contributed by atoms with Crippen LogP contribution in [0.5, 0.6) is 0 Å². The van der Waals surface area contributed by atoms with Crippen LogP contribution < -0.4 is 0 Å². The number of likely N-dealkylation sites (tertiary alicyclic amines) is 1. The van der Waals surface area contributed by atoms with Crippen LogP contribution in [0.15, 0.2) is 0 Å². The third-order valence-electron chi connectivity index (χ3n) is 4.41. The minimum absolute atomic E-state index is 0.0672. The summed E-state index contributed by atoms with van der Waals surface area (Å²) in [6.07, 6.45) is 5.04. The van der Waals surface area contributed by atoms with Crippen LogP contribution in [0.25, 0.3) is 0 Å². The molecule has 1 saturated heterocycles. The van der Waals surface area contributed by atoms with E-state index in [1.54, 1.807) is 0 Å². The maximum absolute atomic E-state index is 12.4. The van der Waals surface area contributed by atoms with E-state index in [1.807, 2.05) is 20.8 Å². The Bertz CT molecular complexity index is 326. The van der Waals surface area contributed by atoms with Gasteiger partial charge in [0.25, 0.3) is 0 Å². The molecular weight excluding hydrogens is 257 g/mol. The normalized spacial score (nSPS) is 29.0. The molecule has 0 N–H and O–H groups in total. The van der Waals surface area contributed by atoms with Gasteiger partial charge in [-0.05, 0) is 52.4 Å². The van der Waals surface area contributed by atoms with Gasteiger partial charge in [0.1, 0.15) is 5.60 Å². The van der Waals surface area contributed by atoms with E-state index in [0.717, 1.165) is 38.8 Å². The minimum Gasteiger partial charge on any atom is -0.460 e. The third-order valence-corrected chi connectivity index (χ3v) is 4.41. The van der Waals surface area contributed by atoms with Crippen LogP contribution in [0.2, 0.25) is 0 Å². The molecule has 0 bridgehead atoms. The van der Waals surface area contributed by atoms with Gasteiger partial charge in [-0.3, -0.25) is 14.1 Å². The molecule has 1 heterocycles. The van der Waals surface area contributed by atoms with Crippen LogP contribution in [-0.2, 0) is 9.53 Å². The average Bonchev–Trinajstić information content (AvgIpc) is 2.27. The lowest BCUT2D eigenvalue weighted by molar-refractivity contribution is -0.156. The van der Waals surface area contributed by atoms with Crippen LogP contribution in [0, 0.1) is 11.8 Å². The Kier molecular flexibility index (Phi) is 5.05. The van der Waals surface area contributed by atoms with Gasteiger partial charge >= 0.3 is 5.97 Å². The summed E-state index contributed by atoms with van der Waals surface area (Å²) in [7, 11) is 0. The molecule has 3 nitrogen and oxygen atoms in total. The van der Waals surface area contributed by atoms with Crippen molar-refractivity contribution in [3.63, 3.8) is 0 Å². The highest BCUT2D eigenvalue weighted by Gasteiger charge is 2.34. The maximum atomic E-state index is 12.4. The first-order valence-corrected chi connectivity index (χ1v) is 7.89. The lowest BCUT2D eigenvalue weighted by Crippen LogP contribution is -2.53. The van der Waals surface area contributed by atoms with E-state index in [-0.39, 0.29) is 24.2 Å². The molecule has 0 aromatic rings. The monoisotopic (exact) mass is 285 g/mol. The van der Waals surface area contributed by atoms with Crippen molar-refractivity contribution in [2.75, 3.05) is 19.8 Å². The van der Waals surface area contributed by atoms with Crippen molar-refractivity contribution in [3.8, 4) is 0 Å². The van der Waals surface area contributed by atoms with Crippen molar-refractivity contribution >= 4 is 5.97 Å². The van der Waals surface area contributed by atoms with E-state index in [9.17, 15) is 9.18 Å². The van der Waals surface area contributed by atoms with Gasteiger partial charge in [-0.15, -0.1) is 0 Å². The maximum Gasteiger partial charge on any atom is 0.306 e. The summed E-state index contributed by atoms with van der Waals surface area (Å²) < 4.78 is 17.8. The molecule has 0 atom stereocenters. The van der Waals surface area contributed by atoms with Crippen molar-refractivity contribution in [3.05, 3.63) is 0 Å². The third kappa shape index (κ3) is 4.44. The van der Waals surface area contributed by atoms with Gasteiger partial charge in [-0.1, -0.05) is 0 Å². The van der Waals surface area contributed by atoms with Crippen molar-refractivity contribution in [1.82, 2.24) is 4.90 Å². The zero-order valence-corrected chi connectivity index (χ0v) is 13.0. The number of hydrogen-bond donors (Lipinski definition) is 0. The summed E-state index contributed by atoms with van der Waals surface area (Å²) in [5.74, 6) is 0.677. The van der Waals surface area contributed by atoms with Crippen LogP contribution in [-0.4, -0.2) is 42.3 Å². The van der Waals surface area contributed by atoms with Gasteiger partial charge in [0.2, 0.25) is 0 Å². The van der Waals surface area contributed by atoms with E-state index >= 15 is 0 Å². The number of ether oxygens (including phenoxy) is 1. The summed E-state index contributed by atoms with van der Waals surface area (Å²) in [4.78, 5) is 14.2. The van der Waals surface area contributed by atoms with E-state index < -0.39 is 0 Å². The lowest BCUT2D eigenvalue weighted by atomic mass is 9.82. The molecule has 0 amide bonds. The highest BCUT2D eigenvalue weighted by atomic mass is 19.1. The van der Waals surface area contributed by atoms with Gasteiger partial charge in [-0.2, -0.15) is 0 Å². The quantitative estimate of drug-likeness (QED) is 0.743. The van der Waals surface area contributed by atoms with Gasteiger partial charge < -0.3 is 4.74 Å². The molecule has 0 aromatic carbocycles. The smallest absolute Gasteiger partial charge is 0.306 e. The van der Waals surface area contributed by atoms with E-state index in [2.05, 4.69) is 4.90 Å². The second-order valence-electron chi connectivity index (χ2n) is 7.44. The molecule has 4 heteroatoms. The predicted octanol–water partition coefficient (Wildman–Crippen LogP) is 3.18. The summed E-state index contributed by atoms with van der Waals surface area (Å²) in [6, 6.07) is 0.618. The number of esters is 1. The zero-order chi connectivity index (χ0) is 14.8. The zero-order valence-electron chi connectivity index (χ0n) is 13.0. The summed E-state index contributed by atoms with van der Waals surface area (Å²) >= 11 is 0. The van der Waals surface area contributed by atoms with E-state index in [1.165, 1.54) is 0 Å². The summed E-state index contributed by atoms with van der Waals surface area (Å²) in [6.45, 7) is 7.41. The molecule has 2 aliphatic rings. The number of carbonyl (C=O) groups excluding carboxylic acids is 1. The Hall–Kier alpha value is -0.640. The number of hydrogen-bond acceptors (Lipinski definition) is 3. The number of alkyl halides is 1. The van der Waals surface area contributed by atoms with Crippen LogP contribution >= 0.6 is 0 Å². The number of nitrogens with zero attached hydrogens (tertiary/aromatic N) is 1. The second kappa shape index (κ2) is 6.42. The van der Waals surface area contributed by atoms with Gasteiger partial charge in [0, 0.05) is 31.5 Å². The Morgan fingerprint density at radius 1 is 1.15 bits per heavy atom. The predicted molar refractivity (Wildman–Crippen MR) is 77.2 cm³/mol. The fourth-order valence-electron chi connectivity index (χ4n) is 3.34. The molecule has 0 radical (unpaired) electrons. The number of halogens is 1. The SMILES string of the molecule is CC(C)(C)OC(=O)CC1CCC(N2CC(CF)C2)CC1. The van der Waals surface area contributed by atoms with Crippen LogP contribution in [0.3, 0.4) is 0 Å². The number of rotatable bonds is 4. The molecule has 1 saturated carbocycles. The second-order valence-corrected chi connectivity index (χ2v) is 7.44. The van der Waals surface area contributed by atoms with E-state index in [4.69, 9.17) is 4.74 Å². The summed E-state index contributed by atoms with van der Waals surface area (Å²) in [5, 5.41) is 0. The summed E-state index contributed by atoms with van der Waals surface area (Å²) in [5.41, 5.74) is -0.382. The van der Waals surface area contributed by atoms with Gasteiger partial charge in [0.15, 0.2) is 0 Å². The van der Waals surface area contributed by atoms with Crippen molar-refractivity contribution in [2.45, 2.75) is 64.5 Å². The molecule has 2 rings (SSSR count). The van der Waals surface area contributed by atoms with Crippen LogP contribution in [0.1, 0.15) is 52.9 Å². The minimum atomic E-state index is -0.382. The molecule has 1 aliphatic carbocycles. The molecule has 0 spiro atoms. The topological polar surface area (TPSA) is 29.5 Å². The first-order valence-electron chi connectivity index (χ1n) is 7.89. The highest BCUT2D eigenvalue weighted by molar-refractivity contribution is 5.70. The molecule has 0 aromatic heterocycles. The molecule has 116 valence electrons. The molecule has 20 heavy (non-hydrogen) atoms. The lowest BCUT2D eigenvalue weighted by Gasteiger charge is -2.45.